The molecule has 2 fully saturated rings. The van der Waals surface area contributed by atoms with Crippen LogP contribution in [0, 0.1) is 12.3 Å². The summed E-state index contributed by atoms with van der Waals surface area (Å²) in [4.78, 5) is 14.5. The van der Waals surface area contributed by atoms with Gasteiger partial charge >= 0.3 is 0 Å². The topological polar surface area (TPSA) is 50.2 Å². The highest BCUT2D eigenvalue weighted by Gasteiger charge is 2.37. The predicted molar refractivity (Wildman–Crippen MR) is 77.6 cm³/mol. The summed E-state index contributed by atoms with van der Waals surface area (Å²) in [6.45, 7) is 6.01. The number of aromatic nitrogens is 2. The summed E-state index contributed by atoms with van der Waals surface area (Å²) in [7, 11) is 1.88. The van der Waals surface area contributed by atoms with Gasteiger partial charge in [0.05, 0.1) is 0 Å². The molecule has 2 aliphatic rings. The number of nitrogens with zero attached hydrogens (tertiary/aromatic N) is 3. The Bertz CT molecular complexity index is 472. The van der Waals surface area contributed by atoms with Crippen molar-refractivity contribution >= 4 is 5.91 Å². The number of hydrogen-bond donors (Lipinski definition) is 1. The molecule has 110 valence electrons. The molecule has 5 heteroatoms. The van der Waals surface area contributed by atoms with Crippen LogP contribution in [0.3, 0.4) is 0 Å². The van der Waals surface area contributed by atoms with Gasteiger partial charge in [0.2, 0.25) is 0 Å². The lowest BCUT2D eigenvalue weighted by atomic mass is 9.71. The zero-order chi connectivity index (χ0) is 14.2. The number of amides is 1. The van der Waals surface area contributed by atoms with E-state index in [0.29, 0.717) is 11.1 Å². The maximum atomic E-state index is 12.5. The highest BCUT2D eigenvalue weighted by molar-refractivity contribution is 5.92. The van der Waals surface area contributed by atoms with Crippen LogP contribution in [0.4, 0.5) is 0 Å². The minimum absolute atomic E-state index is 0.0949. The molecule has 1 spiro atoms. The zero-order valence-corrected chi connectivity index (χ0v) is 12.5. The molecule has 0 bridgehead atoms. The second-order valence-electron chi connectivity index (χ2n) is 6.34. The van der Waals surface area contributed by atoms with Gasteiger partial charge in [-0.3, -0.25) is 9.48 Å². The van der Waals surface area contributed by atoms with Crippen molar-refractivity contribution in [3.05, 3.63) is 17.5 Å². The Balaban J connectivity index is 1.64. The third-order valence-corrected chi connectivity index (χ3v) is 5.11. The van der Waals surface area contributed by atoms with Crippen molar-refractivity contribution in [2.24, 2.45) is 12.5 Å². The van der Waals surface area contributed by atoms with Gasteiger partial charge in [0.25, 0.3) is 5.91 Å². The van der Waals surface area contributed by atoms with Gasteiger partial charge in [-0.25, -0.2) is 0 Å². The largest absolute Gasteiger partial charge is 0.337 e. The lowest BCUT2D eigenvalue weighted by Gasteiger charge is -2.44. The Morgan fingerprint density at radius 3 is 2.45 bits per heavy atom. The fourth-order valence-electron chi connectivity index (χ4n) is 3.47. The molecule has 1 aromatic heterocycles. The fourth-order valence-corrected chi connectivity index (χ4v) is 3.47. The van der Waals surface area contributed by atoms with Gasteiger partial charge in [0, 0.05) is 25.8 Å². The standard InChI is InChI=1S/C15H24N4O/c1-12-11-13(17-18(12)2)14(20)19-9-5-15(6-10-19)3-7-16-8-4-15/h11,16H,3-10H2,1-2H3. The van der Waals surface area contributed by atoms with Gasteiger partial charge in [-0.05, 0) is 57.2 Å². The molecule has 0 unspecified atom stereocenters. The van der Waals surface area contributed by atoms with Gasteiger partial charge < -0.3 is 10.2 Å². The highest BCUT2D eigenvalue weighted by atomic mass is 16.2. The van der Waals surface area contributed by atoms with E-state index >= 15 is 0 Å². The first kappa shape index (κ1) is 13.6. The summed E-state index contributed by atoms with van der Waals surface area (Å²) < 4.78 is 1.77. The highest BCUT2D eigenvalue weighted by Crippen LogP contribution is 2.39. The Hall–Kier alpha value is -1.36. The summed E-state index contributed by atoms with van der Waals surface area (Å²) >= 11 is 0. The summed E-state index contributed by atoms with van der Waals surface area (Å²) in [5.74, 6) is 0.0949. The third-order valence-electron chi connectivity index (χ3n) is 5.11. The molecular weight excluding hydrogens is 252 g/mol. The van der Waals surface area contributed by atoms with Gasteiger partial charge in [-0.1, -0.05) is 0 Å². The predicted octanol–water partition coefficient (Wildman–Crippen LogP) is 1.33. The first-order chi connectivity index (χ1) is 9.60. The van der Waals surface area contributed by atoms with Gasteiger partial charge in [0.1, 0.15) is 0 Å². The molecule has 0 aliphatic carbocycles. The van der Waals surface area contributed by atoms with Crippen LogP contribution in [-0.2, 0) is 7.05 Å². The van der Waals surface area contributed by atoms with Crippen LogP contribution in [0.15, 0.2) is 6.07 Å². The Morgan fingerprint density at radius 2 is 1.90 bits per heavy atom. The molecule has 2 saturated heterocycles. The van der Waals surface area contributed by atoms with Gasteiger partial charge in [-0.15, -0.1) is 0 Å². The Morgan fingerprint density at radius 1 is 1.25 bits per heavy atom. The van der Waals surface area contributed by atoms with Crippen molar-refractivity contribution in [2.75, 3.05) is 26.2 Å². The lowest BCUT2D eigenvalue weighted by molar-refractivity contribution is 0.0490. The molecule has 1 N–H and O–H groups in total. The number of carbonyl (C=O) groups excluding carboxylic acids is 1. The van der Waals surface area contributed by atoms with Crippen molar-refractivity contribution in [3.63, 3.8) is 0 Å². The first-order valence-electron chi connectivity index (χ1n) is 7.60. The molecule has 3 heterocycles. The molecule has 1 amide bonds. The number of likely N-dealkylation sites (tertiary alicyclic amines) is 1. The van der Waals surface area contributed by atoms with E-state index < -0.39 is 0 Å². The van der Waals surface area contributed by atoms with Crippen LogP contribution in [0.25, 0.3) is 0 Å². The SMILES string of the molecule is Cc1cc(C(=O)N2CCC3(CCNCC3)CC2)nn1C. The van der Waals surface area contributed by atoms with Crippen LogP contribution >= 0.6 is 0 Å². The number of carbonyl (C=O) groups is 1. The monoisotopic (exact) mass is 276 g/mol. The van der Waals surface area contributed by atoms with Crippen LogP contribution in [0.2, 0.25) is 0 Å². The summed E-state index contributed by atoms with van der Waals surface area (Å²) in [5, 5.41) is 7.74. The van der Waals surface area contributed by atoms with E-state index in [1.165, 1.54) is 12.8 Å². The van der Waals surface area contributed by atoms with Gasteiger partial charge in [0.15, 0.2) is 5.69 Å². The molecule has 0 radical (unpaired) electrons. The van der Waals surface area contributed by atoms with Crippen molar-refractivity contribution in [1.82, 2.24) is 20.0 Å². The maximum absolute atomic E-state index is 12.5. The first-order valence-corrected chi connectivity index (χ1v) is 7.60. The molecule has 5 nitrogen and oxygen atoms in total. The van der Waals surface area contributed by atoms with Crippen LogP contribution < -0.4 is 5.32 Å². The van der Waals surface area contributed by atoms with Crippen molar-refractivity contribution in [2.45, 2.75) is 32.6 Å². The number of nitrogens with one attached hydrogen (secondary N) is 1. The minimum atomic E-state index is 0.0949. The summed E-state index contributed by atoms with van der Waals surface area (Å²) in [5.41, 5.74) is 2.11. The number of piperidine rings is 2. The van der Waals surface area contributed by atoms with E-state index in [9.17, 15) is 4.79 Å². The second-order valence-corrected chi connectivity index (χ2v) is 6.34. The van der Waals surface area contributed by atoms with Gasteiger partial charge in [-0.2, -0.15) is 5.10 Å². The number of hydrogen-bond acceptors (Lipinski definition) is 3. The quantitative estimate of drug-likeness (QED) is 0.842. The maximum Gasteiger partial charge on any atom is 0.274 e. The molecular formula is C15H24N4O. The van der Waals surface area contributed by atoms with Crippen LogP contribution in [-0.4, -0.2) is 46.8 Å². The fraction of sp³-hybridized carbons (Fsp3) is 0.733. The second kappa shape index (κ2) is 5.20. The smallest absolute Gasteiger partial charge is 0.274 e. The van der Waals surface area contributed by atoms with Crippen LogP contribution in [0.5, 0.6) is 0 Å². The van der Waals surface area contributed by atoms with E-state index in [4.69, 9.17) is 0 Å². The van der Waals surface area contributed by atoms with Crippen molar-refractivity contribution in [3.8, 4) is 0 Å². The average molecular weight is 276 g/mol. The Kier molecular flexibility index (Phi) is 3.54. The van der Waals surface area contributed by atoms with Crippen molar-refractivity contribution < 1.29 is 4.79 Å². The van der Waals surface area contributed by atoms with E-state index in [0.717, 1.165) is 44.7 Å². The zero-order valence-electron chi connectivity index (χ0n) is 12.5. The summed E-state index contributed by atoms with van der Waals surface area (Å²) in [6.07, 6.45) is 4.81. The normalized spacial score (nSPS) is 22.2. The van der Waals surface area contributed by atoms with Crippen LogP contribution in [0.1, 0.15) is 41.9 Å². The molecule has 0 aromatic carbocycles. The van der Waals surface area contributed by atoms with E-state index in [1.807, 2.05) is 24.9 Å². The average Bonchev–Trinajstić information content (AvgIpc) is 2.80. The van der Waals surface area contributed by atoms with E-state index in [1.54, 1.807) is 4.68 Å². The molecule has 3 rings (SSSR count). The molecule has 0 saturated carbocycles. The third kappa shape index (κ3) is 2.46. The lowest BCUT2D eigenvalue weighted by Crippen LogP contribution is -2.47. The Labute approximate surface area is 120 Å². The summed E-state index contributed by atoms with van der Waals surface area (Å²) in [6, 6.07) is 1.89. The van der Waals surface area contributed by atoms with Crippen molar-refractivity contribution in [1.29, 1.82) is 0 Å². The molecule has 1 aromatic rings. The number of rotatable bonds is 1. The number of aryl methyl sites for hydroxylation is 2. The molecule has 20 heavy (non-hydrogen) atoms. The molecule has 0 atom stereocenters. The minimum Gasteiger partial charge on any atom is -0.337 e. The van der Waals surface area contributed by atoms with E-state index in [-0.39, 0.29) is 5.91 Å². The molecule has 2 aliphatic heterocycles. The van der Waals surface area contributed by atoms with E-state index in [2.05, 4.69) is 10.4 Å².